The fraction of sp³-hybridized carbons (Fsp3) is 0.647. The van der Waals surface area contributed by atoms with Gasteiger partial charge in [-0.25, -0.2) is 0 Å². The molecule has 1 saturated carbocycles. The summed E-state index contributed by atoms with van der Waals surface area (Å²) in [6, 6.07) is 3.92. The highest BCUT2D eigenvalue weighted by Crippen LogP contribution is 2.40. The van der Waals surface area contributed by atoms with Crippen molar-refractivity contribution >= 4 is 44.8 Å². The molecule has 118 valence electrons. The van der Waals surface area contributed by atoms with E-state index in [9.17, 15) is 0 Å². The highest BCUT2D eigenvalue weighted by atomic mass is 79.9. The Morgan fingerprint density at radius 3 is 2.29 bits per heavy atom. The Kier molecular flexibility index (Phi) is 5.90. The van der Waals surface area contributed by atoms with Crippen LogP contribution in [0.4, 0.5) is 5.69 Å². The lowest BCUT2D eigenvalue weighted by Crippen LogP contribution is -2.28. The third kappa shape index (κ3) is 4.53. The maximum Gasteiger partial charge on any atom is 0.0835 e. The van der Waals surface area contributed by atoms with Crippen LogP contribution in [0.5, 0.6) is 0 Å². The highest BCUT2D eigenvalue weighted by Gasteiger charge is 2.29. The second-order valence-corrected chi connectivity index (χ2v) is 8.80. The first-order valence-electron chi connectivity index (χ1n) is 7.66. The number of nitrogens with one attached hydrogen (secondary N) is 1. The molecule has 1 aliphatic carbocycles. The van der Waals surface area contributed by atoms with Gasteiger partial charge in [0.2, 0.25) is 0 Å². The van der Waals surface area contributed by atoms with Gasteiger partial charge in [-0.05, 0) is 71.0 Å². The molecule has 0 heterocycles. The van der Waals surface area contributed by atoms with E-state index in [-0.39, 0.29) is 0 Å². The zero-order chi connectivity index (χ0) is 15.6. The molecule has 0 aliphatic heterocycles. The molecule has 0 aromatic heterocycles. The van der Waals surface area contributed by atoms with E-state index in [1.807, 2.05) is 12.1 Å². The average molecular weight is 393 g/mol. The number of benzene rings is 1. The van der Waals surface area contributed by atoms with E-state index in [0.717, 1.165) is 28.5 Å². The van der Waals surface area contributed by atoms with Crippen LogP contribution in [0.1, 0.15) is 46.5 Å². The van der Waals surface area contributed by atoms with Crippen LogP contribution in [-0.2, 0) is 0 Å². The molecule has 0 amide bonds. The van der Waals surface area contributed by atoms with Gasteiger partial charge < -0.3 is 5.32 Å². The summed E-state index contributed by atoms with van der Waals surface area (Å²) in [6.45, 7) is 8.06. The number of anilines is 1. The van der Waals surface area contributed by atoms with Crippen LogP contribution in [0, 0.1) is 17.3 Å². The van der Waals surface area contributed by atoms with Crippen molar-refractivity contribution in [2.75, 3.05) is 11.9 Å². The largest absolute Gasteiger partial charge is 0.384 e. The van der Waals surface area contributed by atoms with Crippen LogP contribution in [-0.4, -0.2) is 6.54 Å². The van der Waals surface area contributed by atoms with Crippen molar-refractivity contribution in [2.45, 2.75) is 46.5 Å². The van der Waals surface area contributed by atoms with Crippen molar-refractivity contribution in [1.82, 2.24) is 0 Å². The van der Waals surface area contributed by atoms with Crippen molar-refractivity contribution in [1.29, 1.82) is 0 Å². The highest BCUT2D eigenvalue weighted by molar-refractivity contribution is 9.10. The summed E-state index contributed by atoms with van der Waals surface area (Å²) in [4.78, 5) is 0. The second-order valence-electron chi connectivity index (χ2n) is 7.19. The topological polar surface area (TPSA) is 12.0 Å². The predicted molar refractivity (Wildman–Crippen MR) is 97.6 cm³/mol. The van der Waals surface area contributed by atoms with E-state index >= 15 is 0 Å². The minimum absolute atomic E-state index is 0.445. The third-order valence-corrected chi connectivity index (χ3v) is 6.46. The first-order valence-corrected chi connectivity index (χ1v) is 9.21. The van der Waals surface area contributed by atoms with Crippen molar-refractivity contribution in [2.24, 2.45) is 17.3 Å². The Morgan fingerprint density at radius 1 is 1.10 bits per heavy atom. The van der Waals surface area contributed by atoms with Gasteiger partial charge in [-0.3, -0.25) is 0 Å². The summed E-state index contributed by atoms with van der Waals surface area (Å²) in [5, 5.41) is 4.65. The van der Waals surface area contributed by atoms with Gasteiger partial charge in [-0.1, -0.05) is 44.0 Å². The average Bonchev–Trinajstić information content (AvgIpc) is 2.43. The van der Waals surface area contributed by atoms with E-state index in [1.165, 1.54) is 25.7 Å². The molecule has 0 bridgehead atoms. The Balaban J connectivity index is 1.87. The Bertz CT molecular complexity index is 488. The number of halogens is 3. The molecule has 0 atom stereocenters. The van der Waals surface area contributed by atoms with Crippen LogP contribution >= 0.6 is 39.1 Å². The van der Waals surface area contributed by atoms with E-state index < -0.39 is 0 Å². The summed E-state index contributed by atoms with van der Waals surface area (Å²) in [5.74, 6) is 1.60. The molecule has 1 nitrogen and oxygen atoms in total. The van der Waals surface area contributed by atoms with Crippen molar-refractivity contribution in [3.8, 4) is 0 Å². The van der Waals surface area contributed by atoms with Gasteiger partial charge in [0.25, 0.3) is 0 Å². The first-order chi connectivity index (χ1) is 9.79. The van der Waals surface area contributed by atoms with Gasteiger partial charge in [0, 0.05) is 11.0 Å². The summed E-state index contributed by atoms with van der Waals surface area (Å²) < 4.78 is 0.838. The van der Waals surface area contributed by atoms with Crippen LogP contribution in [0.2, 0.25) is 10.0 Å². The molecule has 4 heteroatoms. The molecule has 0 spiro atoms. The van der Waals surface area contributed by atoms with Gasteiger partial charge in [0.15, 0.2) is 0 Å². The Labute approximate surface area is 146 Å². The Morgan fingerprint density at radius 2 is 1.71 bits per heavy atom. The van der Waals surface area contributed by atoms with E-state index in [4.69, 9.17) is 23.2 Å². The lowest BCUT2D eigenvalue weighted by atomic mass is 9.70. The zero-order valence-corrected chi connectivity index (χ0v) is 16.1. The van der Waals surface area contributed by atoms with Crippen LogP contribution in [0.15, 0.2) is 16.6 Å². The smallest absolute Gasteiger partial charge is 0.0835 e. The fourth-order valence-electron chi connectivity index (χ4n) is 3.15. The third-order valence-electron chi connectivity index (χ3n) is 4.69. The predicted octanol–water partition coefficient (Wildman–Crippen LogP) is 7.02. The van der Waals surface area contributed by atoms with Gasteiger partial charge >= 0.3 is 0 Å². The fourth-order valence-corrected chi connectivity index (χ4v) is 3.99. The summed E-state index contributed by atoms with van der Waals surface area (Å²) in [6.07, 6.45) is 5.28. The van der Waals surface area contributed by atoms with Gasteiger partial charge in [-0.15, -0.1) is 0 Å². The summed E-state index contributed by atoms with van der Waals surface area (Å²) in [7, 11) is 0. The quantitative estimate of drug-likeness (QED) is 0.544. The molecular weight excluding hydrogens is 369 g/mol. The minimum Gasteiger partial charge on any atom is -0.384 e. The molecule has 0 saturated heterocycles. The number of hydrogen-bond donors (Lipinski definition) is 1. The molecule has 0 radical (unpaired) electrons. The van der Waals surface area contributed by atoms with Gasteiger partial charge in [0.05, 0.1) is 15.7 Å². The van der Waals surface area contributed by atoms with E-state index in [0.29, 0.717) is 15.5 Å². The molecule has 1 aromatic rings. The maximum absolute atomic E-state index is 6.27. The molecule has 2 rings (SSSR count). The normalized spacial score (nSPS) is 23.1. The minimum atomic E-state index is 0.445. The standard InChI is InChI=1S/C17H24BrCl2N/c1-17(2,3)12-6-4-11(5-7-12)10-21-14-9-8-13(18)15(19)16(14)20/h8-9,11-12,21H,4-7,10H2,1-3H3. The van der Waals surface area contributed by atoms with E-state index in [1.54, 1.807) is 0 Å². The van der Waals surface area contributed by atoms with Crippen molar-refractivity contribution in [3.63, 3.8) is 0 Å². The van der Waals surface area contributed by atoms with Gasteiger partial charge in [-0.2, -0.15) is 0 Å². The monoisotopic (exact) mass is 391 g/mol. The Hall–Kier alpha value is 0.0800. The summed E-state index contributed by atoms with van der Waals surface area (Å²) >= 11 is 15.8. The molecule has 1 aliphatic rings. The molecule has 0 unspecified atom stereocenters. The molecule has 1 aromatic carbocycles. The molecule has 1 fully saturated rings. The SMILES string of the molecule is CC(C)(C)C1CCC(CNc2ccc(Br)c(Cl)c2Cl)CC1. The number of hydrogen-bond acceptors (Lipinski definition) is 1. The van der Waals surface area contributed by atoms with Crippen LogP contribution in [0.3, 0.4) is 0 Å². The zero-order valence-electron chi connectivity index (χ0n) is 13.0. The lowest BCUT2D eigenvalue weighted by molar-refractivity contribution is 0.153. The lowest BCUT2D eigenvalue weighted by Gasteiger charge is -2.37. The second kappa shape index (κ2) is 7.10. The van der Waals surface area contributed by atoms with Gasteiger partial charge in [0.1, 0.15) is 0 Å². The first kappa shape index (κ1) is 17.4. The van der Waals surface area contributed by atoms with E-state index in [2.05, 4.69) is 42.0 Å². The summed E-state index contributed by atoms with van der Waals surface area (Å²) in [5.41, 5.74) is 1.38. The maximum atomic E-state index is 6.27. The molecular formula is C17H24BrCl2N. The molecule has 21 heavy (non-hydrogen) atoms. The molecule has 1 N–H and O–H groups in total. The van der Waals surface area contributed by atoms with Crippen molar-refractivity contribution < 1.29 is 0 Å². The van der Waals surface area contributed by atoms with Crippen LogP contribution < -0.4 is 5.32 Å². The van der Waals surface area contributed by atoms with Crippen molar-refractivity contribution in [3.05, 3.63) is 26.7 Å². The number of rotatable bonds is 3. The van der Waals surface area contributed by atoms with Crippen LogP contribution in [0.25, 0.3) is 0 Å².